The average Bonchev–Trinajstić information content (AvgIpc) is 2.83. The van der Waals surface area contributed by atoms with Crippen LogP contribution in [0.15, 0.2) is 34.9 Å². The Morgan fingerprint density at radius 2 is 2.11 bits per heavy atom. The summed E-state index contributed by atoms with van der Waals surface area (Å²) in [4.78, 5) is 4.17. The molecular formula is C14H18N2O2. The molecular weight excluding hydrogens is 228 g/mol. The van der Waals surface area contributed by atoms with Gasteiger partial charge < -0.3 is 14.5 Å². The number of aromatic nitrogens is 1. The highest BCUT2D eigenvalue weighted by molar-refractivity contribution is 5.25. The molecule has 0 radical (unpaired) electrons. The number of aryl methyl sites for hydroxylation is 1. The summed E-state index contributed by atoms with van der Waals surface area (Å²) < 4.78 is 11.3. The molecule has 0 aliphatic rings. The third-order valence-electron chi connectivity index (χ3n) is 2.59. The smallest absolute Gasteiger partial charge is 0.146 e. The van der Waals surface area contributed by atoms with E-state index < -0.39 is 0 Å². The first-order valence-electron chi connectivity index (χ1n) is 6.12. The maximum Gasteiger partial charge on any atom is 0.146 e. The van der Waals surface area contributed by atoms with E-state index >= 15 is 0 Å². The highest BCUT2D eigenvalue weighted by atomic mass is 16.5. The van der Waals surface area contributed by atoms with Gasteiger partial charge in [-0.1, -0.05) is 6.92 Å². The van der Waals surface area contributed by atoms with Gasteiger partial charge in [-0.05, 0) is 37.7 Å². The van der Waals surface area contributed by atoms with E-state index in [-0.39, 0.29) is 0 Å². The van der Waals surface area contributed by atoms with Crippen LogP contribution in [0.5, 0.6) is 5.75 Å². The van der Waals surface area contributed by atoms with Crippen molar-refractivity contribution in [2.75, 3.05) is 6.54 Å². The van der Waals surface area contributed by atoms with E-state index in [1.165, 1.54) is 0 Å². The predicted octanol–water partition coefficient (Wildman–Crippen LogP) is 2.67. The zero-order valence-corrected chi connectivity index (χ0v) is 10.8. The van der Waals surface area contributed by atoms with Crippen molar-refractivity contribution in [1.82, 2.24) is 10.3 Å². The van der Waals surface area contributed by atoms with Crippen LogP contribution in [-0.4, -0.2) is 11.5 Å². The Kier molecular flexibility index (Phi) is 4.36. The van der Waals surface area contributed by atoms with Crippen LogP contribution in [0.4, 0.5) is 0 Å². The number of furan rings is 1. The van der Waals surface area contributed by atoms with Crippen LogP contribution in [-0.2, 0) is 13.2 Å². The van der Waals surface area contributed by atoms with E-state index in [9.17, 15) is 0 Å². The number of hydrogen-bond acceptors (Lipinski definition) is 4. The molecule has 2 aromatic rings. The molecule has 0 aliphatic carbocycles. The molecule has 0 saturated carbocycles. The second-order valence-electron chi connectivity index (χ2n) is 4.02. The van der Waals surface area contributed by atoms with Crippen molar-refractivity contribution in [3.8, 4) is 5.75 Å². The summed E-state index contributed by atoms with van der Waals surface area (Å²) in [6.07, 6.45) is 1.75. The highest BCUT2D eigenvalue weighted by Crippen LogP contribution is 2.16. The zero-order chi connectivity index (χ0) is 12.8. The molecule has 0 saturated heterocycles. The molecule has 0 aliphatic heterocycles. The molecule has 0 atom stereocenters. The van der Waals surface area contributed by atoms with Crippen molar-refractivity contribution < 1.29 is 9.15 Å². The largest absolute Gasteiger partial charge is 0.484 e. The van der Waals surface area contributed by atoms with Crippen molar-refractivity contribution in [2.24, 2.45) is 0 Å². The minimum atomic E-state index is 0.429. The maximum atomic E-state index is 5.66. The lowest BCUT2D eigenvalue weighted by Gasteiger charge is -2.06. The van der Waals surface area contributed by atoms with Gasteiger partial charge in [0.1, 0.15) is 23.9 Å². The number of hydrogen-bond donors (Lipinski definition) is 1. The van der Waals surface area contributed by atoms with Gasteiger partial charge in [0.15, 0.2) is 0 Å². The summed E-state index contributed by atoms with van der Waals surface area (Å²) >= 11 is 0. The summed E-state index contributed by atoms with van der Waals surface area (Å²) in [5.41, 5.74) is 0.886. The fourth-order valence-electron chi connectivity index (χ4n) is 1.61. The molecule has 0 aromatic carbocycles. The van der Waals surface area contributed by atoms with Crippen LogP contribution in [0.3, 0.4) is 0 Å². The van der Waals surface area contributed by atoms with Crippen molar-refractivity contribution >= 4 is 0 Å². The van der Waals surface area contributed by atoms with Crippen LogP contribution >= 0.6 is 0 Å². The molecule has 4 heteroatoms. The topological polar surface area (TPSA) is 47.3 Å². The lowest BCUT2D eigenvalue weighted by molar-refractivity contribution is 0.262. The Balaban J connectivity index is 1.90. The second-order valence-corrected chi connectivity index (χ2v) is 4.02. The minimum Gasteiger partial charge on any atom is -0.484 e. The summed E-state index contributed by atoms with van der Waals surface area (Å²) in [5, 5.41) is 3.22. The van der Waals surface area contributed by atoms with Crippen LogP contribution in [0.2, 0.25) is 0 Å². The Morgan fingerprint density at radius 1 is 1.28 bits per heavy atom. The first kappa shape index (κ1) is 12.6. The van der Waals surface area contributed by atoms with Crippen LogP contribution in [0.1, 0.15) is 24.1 Å². The third-order valence-corrected chi connectivity index (χ3v) is 2.59. The first-order valence-corrected chi connectivity index (χ1v) is 6.12. The molecule has 96 valence electrons. The van der Waals surface area contributed by atoms with Crippen molar-refractivity contribution in [1.29, 1.82) is 0 Å². The normalized spacial score (nSPS) is 10.6. The average molecular weight is 246 g/mol. The Morgan fingerprint density at radius 3 is 2.89 bits per heavy atom. The number of rotatable bonds is 6. The molecule has 0 spiro atoms. The molecule has 2 heterocycles. The van der Waals surface area contributed by atoms with Gasteiger partial charge in [0, 0.05) is 6.20 Å². The number of nitrogens with zero attached hydrogens (tertiary/aromatic N) is 1. The van der Waals surface area contributed by atoms with Gasteiger partial charge in [-0.15, -0.1) is 0 Å². The molecule has 0 fully saturated rings. The van der Waals surface area contributed by atoms with Gasteiger partial charge in [-0.3, -0.25) is 4.98 Å². The van der Waals surface area contributed by atoms with Gasteiger partial charge in [0.25, 0.3) is 0 Å². The van der Waals surface area contributed by atoms with Crippen molar-refractivity contribution in [3.63, 3.8) is 0 Å². The van der Waals surface area contributed by atoms with Crippen molar-refractivity contribution in [2.45, 2.75) is 27.0 Å². The van der Waals surface area contributed by atoms with Gasteiger partial charge >= 0.3 is 0 Å². The second kappa shape index (κ2) is 6.21. The summed E-state index contributed by atoms with van der Waals surface area (Å²) in [7, 11) is 0. The Labute approximate surface area is 107 Å². The molecule has 2 aromatic heterocycles. The Hall–Kier alpha value is -1.81. The van der Waals surface area contributed by atoms with Gasteiger partial charge in [-0.25, -0.2) is 0 Å². The highest BCUT2D eigenvalue weighted by Gasteiger charge is 2.04. The van der Waals surface area contributed by atoms with Gasteiger partial charge in [0.05, 0.1) is 12.2 Å². The first-order chi connectivity index (χ1) is 8.79. The lowest BCUT2D eigenvalue weighted by Crippen LogP contribution is -2.10. The van der Waals surface area contributed by atoms with E-state index in [0.717, 1.165) is 36.1 Å². The molecule has 0 bridgehead atoms. The fraction of sp³-hybridized carbons (Fsp3) is 0.357. The SMILES string of the molecule is CCNCc1ccc(COc2cccnc2C)o1. The Bertz CT molecular complexity index is 494. The standard InChI is InChI=1S/C14H18N2O2/c1-3-15-9-12-6-7-13(18-12)10-17-14-5-4-8-16-11(14)2/h4-8,15H,3,9-10H2,1-2H3. The molecule has 18 heavy (non-hydrogen) atoms. The lowest BCUT2D eigenvalue weighted by atomic mass is 10.3. The predicted molar refractivity (Wildman–Crippen MR) is 69.4 cm³/mol. The zero-order valence-electron chi connectivity index (χ0n) is 10.8. The summed E-state index contributed by atoms with van der Waals surface area (Å²) in [6.45, 7) is 6.11. The molecule has 2 rings (SSSR count). The van der Waals surface area contributed by atoms with E-state index in [0.29, 0.717) is 6.61 Å². The van der Waals surface area contributed by atoms with E-state index in [2.05, 4.69) is 17.2 Å². The summed E-state index contributed by atoms with van der Waals surface area (Å²) in [5.74, 6) is 2.55. The minimum absolute atomic E-state index is 0.429. The van der Waals surface area contributed by atoms with Gasteiger partial charge in [0.2, 0.25) is 0 Å². The molecule has 4 nitrogen and oxygen atoms in total. The van der Waals surface area contributed by atoms with Crippen molar-refractivity contribution in [3.05, 3.63) is 47.7 Å². The number of ether oxygens (including phenoxy) is 1. The number of pyridine rings is 1. The van der Waals surface area contributed by atoms with Crippen LogP contribution in [0, 0.1) is 6.92 Å². The molecule has 1 N–H and O–H groups in total. The van der Waals surface area contributed by atoms with E-state index in [1.54, 1.807) is 6.20 Å². The maximum absolute atomic E-state index is 5.66. The van der Waals surface area contributed by atoms with Crippen LogP contribution in [0.25, 0.3) is 0 Å². The van der Waals surface area contributed by atoms with E-state index in [1.807, 2.05) is 31.2 Å². The van der Waals surface area contributed by atoms with Gasteiger partial charge in [-0.2, -0.15) is 0 Å². The molecule has 0 unspecified atom stereocenters. The number of nitrogens with one attached hydrogen (secondary N) is 1. The van der Waals surface area contributed by atoms with E-state index in [4.69, 9.17) is 9.15 Å². The monoisotopic (exact) mass is 246 g/mol. The summed E-state index contributed by atoms with van der Waals surface area (Å²) in [6, 6.07) is 7.68. The quantitative estimate of drug-likeness (QED) is 0.851. The third kappa shape index (κ3) is 3.34. The van der Waals surface area contributed by atoms with Crippen LogP contribution < -0.4 is 10.1 Å². The fourth-order valence-corrected chi connectivity index (χ4v) is 1.61. The molecule has 0 amide bonds.